The summed E-state index contributed by atoms with van der Waals surface area (Å²) in [5.74, 6) is -2.37. The number of hydrogen-bond acceptors (Lipinski definition) is 2. The minimum Gasteiger partial charge on any atom is -0.480 e. The van der Waals surface area contributed by atoms with Gasteiger partial charge < -0.3 is 10.4 Å². The molecule has 88 valence electrons. The van der Waals surface area contributed by atoms with Gasteiger partial charge in [-0.15, -0.1) is 0 Å². The SMILES string of the molecule is CCCC(=O)NC(CC(F)(F)F)C(=O)O. The highest BCUT2D eigenvalue weighted by Gasteiger charge is 2.36. The van der Waals surface area contributed by atoms with Crippen LogP contribution in [0.3, 0.4) is 0 Å². The molecule has 0 fully saturated rings. The Morgan fingerprint density at radius 2 is 1.93 bits per heavy atom. The average molecular weight is 227 g/mol. The van der Waals surface area contributed by atoms with E-state index in [9.17, 15) is 22.8 Å². The van der Waals surface area contributed by atoms with Crippen LogP contribution in [0.1, 0.15) is 26.2 Å². The summed E-state index contributed by atoms with van der Waals surface area (Å²) in [4.78, 5) is 21.3. The minimum absolute atomic E-state index is 0.0155. The first-order valence-electron chi connectivity index (χ1n) is 4.35. The zero-order valence-corrected chi connectivity index (χ0v) is 8.10. The molecule has 0 spiro atoms. The van der Waals surface area contributed by atoms with E-state index in [2.05, 4.69) is 0 Å². The van der Waals surface area contributed by atoms with Crippen molar-refractivity contribution in [1.82, 2.24) is 5.32 Å². The number of aliphatic carboxylic acids is 1. The molecular formula is C8H12F3NO3. The Hall–Kier alpha value is -1.27. The minimum atomic E-state index is -4.61. The number of alkyl halides is 3. The van der Waals surface area contributed by atoms with Crippen LogP contribution in [0.4, 0.5) is 13.2 Å². The predicted molar refractivity (Wildman–Crippen MR) is 45.1 cm³/mol. The highest BCUT2D eigenvalue weighted by molar-refractivity contribution is 5.83. The summed E-state index contributed by atoms with van der Waals surface area (Å²) < 4.78 is 35.7. The smallest absolute Gasteiger partial charge is 0.391 e. The van der Waals surface area contributed by atoms with Crippen LogP contribution in [0.25, 0.3) is 0 Å². The van der Waals surface area contributed by atoms with E-state index in [0.29, 0.717) is 6.42 Å². The van der Waals surface area contributed by atoms with Crippen molar-refractivity contribution in [2.75, 3.05) is 0 Å². The second kappa shape index (κ2) is 5.57. The molecule has 15 heavy (non-hydrogen) atoms. The van der Waals surface area contributed by atoms with Gasteiger partial charge in [0.1, 0.15) is 6.04 Å². The van der Waals surface area contributed by atoms with Crippen LogP contribution >= 0.6 is 0 Å². The van der Waals surface area contributed by atoms with Crippen LogP contribution in [0.5, 0.6) is 0 Å². The topological polar surface area (TPSA) is 66.4 Å². The molecular weight excluding hydrogens is 215 g/mol. The lowest BCUT2D eigenvalue weighted by molar-refractivity contribution is -0.160. The summed E-state index contributed by atoms with van der Waals surface area (Å²) in [5.41, 5.74) is 0. The average Bonchev–Trinajstić information content (AvgIpc) is 2.00. The zero-order chi connectivity index (χ0) is 12.1. The number of hydrogen-bond donors (Lipinski definition) is 2. The molecule has 1 atom stereocenters. The van der Waals surface area contributed by atoms with Crippen LogP contribution in [0, 0.1) is 0 Å². The lowest BCUT2D eigenvalue weighted by Gasteiger charge is -2.15. The molecule has 0 saturated heterocycles. The molecule has 0 saturated carbocycles. The standard InChI is InChI=1S/C8H12F3NO3/c1-2-3-6(13)12-5(7(14)15)4-8(9,10)11/h5H,2-4H2,1H3,(H,12,13)(H,14,15). The molecule has 0 aliphatic heterocycles. The summed E-state index contributed by atoms with van der Waals surface area (Å²) in [7, 11) is 0. The van der Waals surface area contributed by atoms with E-state index in [1.54, 1.807) is 6.92 Å². The zero-order valence-electron chi connectivity index (χ0n) is 8.10. The fourth-order valence-corrected chi connectivity index (χ4v) is 0.925. The van der Waals surface area contributed by atoms with Crippen LogP contribution in [-0.2, 0) is 9.59 Å². The Bertz CT molecular complexity index is 240. The molecule has 0 aromatic heterocycles. The van der Waals surface area contributed by atoms with Crippen molar-refractivity contribution in [2.24, 2.45) is 0 Å². The first kappa shape index (κ1) is 13.7. The summed E-state index contributed by atoms with van der Waals surface area (Å²) in [6.07, 6.45) is -5.70. The van der Waals surface area contributed by atoms with E-state index in [1.807, 2.05) is 5.32 Å². The fraction of sp³-hybridized carbons (Fsp3) is 0.750. The Balaban J connectivity index is 4.29. The number of amides is 1. The number of carbonyl (C=O) groups is 2. The van der Waals surface area contributed by atoms with E-state index in [0.717, 1.165) is 0 Å². The fourth-order valence-electron chi connectivity index (χ4n) is 0.925. The summed E-state index contributed by atoms with van der Waals surface area (Å²) in [6.45, 7) is 1.67. The Morgan fingerprint density at radius 3 is 2.27 bits per heavy atom. The highest BCUT2D eigenvalue weighted by atomic mass is 19.4. The highest BCUT2D eigenvalue weighted by Crippen LogP contribution is 2.21. The van der Waals surface area contributed by atoms with Crippen molar-refractivity contribution in [3.8, 4) is 0 Å². The van der Waals surface area contributed by atoms with E-state index in [1.165, 1.54) is 0 Å². The van der Waals surface area contributed by atoms with Crippen molar-refractivity contribution in [3.05, 3.63) is 0 Å². The molecule has 2 N–H and O–H groups in total. The van der Waals surface area contributed by atoms with E-state index < -0.39 is 30.5 Å². The van der Waals surface area contributed by atoms with E-state index >= 15 is 0 Å². The number of carbonyl (C=O) groups excluding carboxylic acids is 1. The number of nitrogens with one attached hydrogen (secondary N) is 1. The molecule has 0 rings (SSSR count). The maximum Gasteiger partial charge on any atom is 0.391 e. The monoisotopic (exact) mass is 227 g/mol. The number of carboxylic acid groups (broad SMARTS) is 1. The van der Waals surface area contributed by atoms with E-state index in [4.69, 9.17) is 5.11 Å². The summed E-state index contributed by atoms with van der Waals surface area (Å²) >= 11 is 0. The summed E-state index contributed by atoms with van der Waals surface area (Å²) in [5, 5.41) is 10.3. The number of carboxylic acids is 1. The normalized spacial score (nSPS) is 13.3. The van der Waals surface area contributed by atoms with Gasteiger partial charge in [-0.1, -0.05) is 6.92 Å². The van der Waals surface area contributed by atoms with Gasteiger partial charge in [0.05, 0.1) is 6.42 Å². The molecule has 1 amide bonds. The number of rotatable bonds is 5. The molecule has 0 bridgehead atoms. The maximum absolute atomic E-state index is 11.9. The third kappa shape index (κ3) is 6.75. The molecule has 0 aliphatic rings. The van der Waals surface area contributed by atoms with E-state index in [-0.39, 0.29) is 6.42 Å². The molecule has 0 radical (unpaired) electrons. The van der Waals surface area contributed by atoms with Crippen molar-refractivity contribution in [3.63, 3.8) is 0 Å². The molecule has 0 aromatic rings. The van der Waals surface area contributed by atoms with Gasteiger partial charge in [-0.05, 0) is 6.42 Å². The lowest BCUT2D eigenvalue weighted by Crippen LogP contribution is -2.43. The molecule has 4 nitrogen and oxygen atoms in total. The van der Waals surface area contributed by atoms with Gasteiger partial charge >= 0.3 is 12.1 Å². The van der Waals surface area contributed by atoms with Crippen LogP contribution < -0.4 is 5.32 Å². The molecule has 1 unspecified atom stereocenters. The van der Waals surface area contributed by atoms with Crippen LogP contribution in [0.2, 0.25) is 0 Å². The second-order valence-electron chi connectivity index (χ2n) is 3.03. The summed E-state index contributed by atoms with van der Waals surface area (Å²) in [6, 6.07) is -1.90. The number of halogens is 3. The second-order valence-corrected chi connectivity index (χ2v) is 3.03. The van der Waals surface area contributed by atoms with Crippen molar-refractivity contribution >= 4 is 11.9 Å². The van der Waals surface area contributed by atoms with Crippen molar-refractivity contribution in [2.45, 2.75) is 38.4 Å². The van der Waals surface area contributed by atoms with Gasteiger partial charge in [-0.25, -0.2) is 4.79 Å². The first-order valence-corrected chi connectivity index (χ1v) is 4.35. The van der Waals surface area contributed by atoms with Gasteiger partial charge in [-0.3, -0.25) is 4.79 Å². The van der Waals surface area contributed by atoms with Gasteiger partial charge in [0.25, 0.3) is 0 Å². The largest absolute Gasteiger partial charge is 0.480 e. The van der Waals surface area contributed by atoms with Gasteiger partial charge in [0.2, 0.25) is 5.91 Å². The molecule has 7 heteroatoms. The van der Waals surface area contributed by atoms with Gasteiger partial charge in [0, 0.05) is 6.42 Å². The Kier molecular flexibility index (Phi) is 5.10. The van der Waals surface area contributed by atoms with Crippen molar-refractivity contribution in [1.29, 1.82) is 0 Å². The van der Waals surface area contributed by atoms with Crippen LogP contribution in [0.15, 0.2) is 0 Å². The third-order valence-electron chi connectivity index (χ3n) is 1.55. The lowest BCUT2D eigenvalue weighted by atomic mass is 10.2. The first-order chi connectivity index (χ1) is 6.76. The molecule has 0 aromatic carbocycles. The van der Waals surface area contributed by atoms with Crippen molar-refractivity contribution < 1.29 is 27.9 Å². The third-order valence-corrected chi connectivity index (χ3v) is 1.55. The quantitative estimate of drug-likeness (QED) is 0.744. The Labute approximate surface area is 84.5 Å². The molecule has 0 aliphatic carbocycles. The Morgan fingerprint density at radius 1 is 1.40 bits per heavy atom. The van der Waals surface area contributed by atoms with Crippen LogP contribution in [-0.4, -0.2) is 29.2 Å². The van der Waals surface area contributed by atoms with Gasteiger partial charge in [0.15, 0.2) is 0 Å². The van der Waals surface area contributed by atoms with Gasteiger partial charge in [-0.2, -0.15) is 13.2 Å². The molecule has 0 heterocycles. The maximum atomic E-state index is 11.9. The predicted octanol–water partition coefficient (Wildman–Crippen LogP) is 1.31.